The molecule has 12 N–H and O–H groups in total. The molecule has 5 fully saturated rings. The summed E-state index contributed by atoms with van der Waals surface area (Å²) < 4.78 is 5.93. The van der Waals surface area contributed by atoms with Crippen LogP contribution in [0.1, 0.15) is 214 Å². The van der Waals surface area contributed by atoms with Crippen LogP contribution in [-0.4, -0.2) is 279 Å². The fraction of sp³-hybridized carbons (Fsp3) is 0.732. The summed E-state index contributed by atoms with van der Waals surface area (Å²) in [6.07, 6.45) is 13.7. The van der Waals surface area contributed by atoms with E-state index in [1.807, 2.05) is 0 Å². The van der Waals surface area contributed by atoms with Crippen molar-refractivity contribution in [1.82, 2.24) is 62.1 Å². The number of urea groups is 1. The first-order chi connectivity index (χ1) is 56.8. The number of fused-ring (bicyclic) bond motifs is 6. The minimum atomic E-state index is -1.55. The van der Waals surface area contributed by atoms with E-state index in [-0.39, 0.29) is 92.3 Å². The molecule has 3 saturated carbocycles. The Morgan fingerprint density at radius 1 is 0.475 bits per heavy atom. The van der Waals surface area contributed by atoms with Gasteiger partial charge >= 0.3 is 36.0 Å². The number of hydrogen-bond acceptors (Lipinski definition) is 22. The van der Waals surface area contributed by atoms with E-state index in [9.17, 15) is 116 Å². The Balaban J connectivity index is 0.786. The summed E-state index contributed by atoms with van der Waals surface area (Å²) >= 11 is 1.75. The molecule has 0 aromatic heterocycles. The highest BCUT2D eigenvalue weighted by Crippen LogP contribution is 2.67. The molecule has 2 aliphatic heterocycles. The van der Waals surface area contributed by atoms with Gasteiger partial charge in [0.25, 0.3) is 0 Å². The summed E-state index contributed by atoms with van der Waals surface area (Å²) in [5.74, 6) is -11.7. The van der Waals surface area contributed by atoms with Crippen LogP contribution in [0.3, 0.4) is 0 Å². The second kappa shape index (κ2) is 49.1. The number of aliphatic carboxylic acids is 4. The molecule has 6 rings (SSSR count). The van der Waals surface area contributed by atoms with Crippen LogP contribution in [-0.2, 0) is 91.0 Å². The summed E-state index contributed by atoms with van der Waals surface area (Å²) in [5.41, 5.74) is 1.95. The number of thioether (sulfide) groups is 1. The van der Waals surface area contributed by atoms with Crippen LogP contribution in [0.4, 0.5) is 9.59 Å². The Kier molecular flexibility index (Phi) is 40.5. The summed E-state index contributed by atoms with van der Waals surface area (Å²) in [6.45, 7) is 2.37. The maximum Gasteiger partial charge on any atom is 0.407 e. The molecule has 0 unspecified atom stereocenters. The van der Waals surface area contributed by atoms with E-state index in [2.05, 4.69) is 83.2 Å². The topological polar surface area (TPSA) is 541 Å². The largest absolute Gasteiger partial charge is 0.480 e. The fourth-order valence-corrected chi connectivity index (χ4v) is 19.4. The molecule has 0 aromatic carbocycles. The third kappa shape index (κ3) is 33.2. The highest BCUT2D eigenvalue weighted by Gasteiger charge is 2.59. The lowest BCUT2D eigenvalue weighted by atomic mass is 9.47. The molecule has 6 aliphatic rings. The number of carbonyl (C=O) groups excluding carboxylic acids is 16. The predicted octanol–water partition coefficient (Wildman–Crippen LogP) is 3.00. The third-order valence-electron chi connectivity index (χ3n) is 24.2. The van der Waals surface area contributed by atoms with Gasteiger partial charge in [0, 0.05) is 101 Å². The second-order valence-electron chi connectivity index (χ2n) is 33.6. The quantitative estimate of drug-likeness (QED) is 0.0236. The standard InChI is InChI=1S/C82H124N12O25S/c1-50(2)12-10-13-51(3)60-24-25-61-59-23-18-52-36-58(30-32-81(52,4)62(59)31-33-82(60,61)5)119-80(118)84-34-9-8-17-65(100)85-37-54(96)22-29-71(106)93(47-76(113)114)44-69(104)86-38-55(97)21-28-70(105)91(45-74(109)110)41-56(98)15-11-35-83-68(103)43-94(48-77(115)116)73(108)40-88-67(102)27-20-57(99)42-92(46-75(111)112)72(107)39-87-66(101)26-19-53(95)14-6-7-16-64-78-63(49-120-64)89-79(117)90-78/h18,50-51,58-64,78H,6-17,19-49H2,1-5H3,(H,83,103)(H,84,118)(H,85,100)(H,86,104)(H,87,101)(H,88,102)(H,109,110)(H,111,112)(H,113,114)(H,115,116)(H2,89,90,117)/t51-,58+,59+,60-,61+,62+,63-,64-,78-,81+,82-/m1/s1. The molecule has 2 saturated heterocycles. The Bertz CT molecular complexity index is 3760. The van der Waals surface area contributed by atoms with Crippen molar-refractivity contribution in [2.45, 2.75) is 238 Å². The molecular weight excluding hydrogens is 1590 g/mol. The van der Waals surface area contributed by atoms with E-state index in [4.69, 9.17) is 4.74 Å². The van der Waals surface area contributed by atoms with Crippen molar-refractivity contribution in [3.05, 3.63) is 11.6 Å². The first-order valence-electron chi connectivity index (χ1n) is 42.1. The highest BCUT2D eigenvalue weighted by atomic mass is 32.2. The monoisotopic (exact) mass is 1710 g/mol. The predicted molar refractivity (Wildman–Crippen MR) is 432 cm³/mol. The SMILES string of the molecule is CC(C)CCC[C@@H](C)[C@H]1CC[C@H]2[C@@H]3CC=C4C[C@@H](OC(=O)NCCCCC(=O)NCC(=O)CCC(=O)N(CC(=O)O)CC(=O)NCC(=O)CCC(=O)N(CC(=O)O)CC(=O)CCCNC(=O)CN(CC(=O)O)C(=O)CNC(=O)CCC(=O)CN(CC(=O)O)C(=O)CNC(=O)CCC(=O)CCCC[C@H]5SC[C@H]6NC(=O)N[C@H]65)CC[C@]4(C)[C@H]3CC[C@]12C. The number of Topliss-reactive ketones (excluding diaryl/α,β-unsaturated/α-hetero) is 5. The van der Waals surface area contributed by atoms with Crippen molar-refractivity contribution < 1.29 is 121 Å². The zero-order valence-corrected chi connectivity index (χ0v) is 70.6. The van der Waals surface area contributed by atoms with Crippen molar-refractivity contribution in [3.63, 3.8) is 0 Å². The van der Waals surface area contributed by atoms with E-state index in [0.29, 0.717) is 56.1 Å². The molecule has 0 aromatic rings. The molecule has 0 radical (unpaired) electrons. The Morgan fingerprint density at radius 3 is 1.57 bits per heavy atom. The number of carboxylic acids is 4. The number of carbonyl (C=O) groups is 20. The van der Waals surface area contributed by atoms with Gasteiger partial charge in [-0.2, -0.15) is 11.8 Å². The molecule has 11 atom stereocenters. The third-order valence-corrected chi connectivity index (χ3v) is 25.7. The minimum Gasteiger partial charge on any atom is -0.480 e. The van der Waals surface area contributed by atoms with Crippen LogP contribution in [0, 0.1) is 46.3 Å². The van der Waals surface area contributed by atoms with Gasteiger partial charge < -0.3 is 87.3 Å². The van der Waals surface area contributed by atoms with Gasteiger partial charge in [-0.05, 0) is 123 Å². The number of unbranched alkanes of at least 4 members (excludes halogenated alkanes) is 2. The van der Waals surface area contributed by atoms with Crippen LogP contribution in [0.5, 0.6) is 0 Å². The number of nitrogens with one attached hydrogen (secondary N) is 8. The van der Waals surface area contributed by atoms with Crippen molar-refractivity contribution in [3.8, 4) is 0 Å². The molecule has 0 bridgehead atoms. The number of alkyl carbamates (subject to hydrolysis) is 1. The van der Waals surface area contributed by atoms with Gasteiger partial charge in [0.05, 0.1) is 51.4 Å². The van der Waals surface area contributed by atoms with E-state index < -0.39 is 223 Å². The highest BCUT2D eigenvalue weighted by molar-refractivity contribution is 8.00. The maximum absolute atomic E-state index is 13.1. The first kappa shape index (κ1) is 98.9. The normalized spacial score (nSPS) is 21.9. The van der Waals surface area contributed by atoms with E-state index in [1.165, 1.54) is 50.5 Å². The number of hydrogen-bond donors (Lipinski definition) is 12. The van der Waals surface area contributed by atoms with E-state index >= 15 is 0 Å². The number of ether oxygens (including phenoxy) is 1. The van der Waals surface area contributed by atoms with Crippen LogP contribution in [0.15, 0.2) is 11.6 Å². The van der Waals surface area contributed by atoms with Crippen molar-refractivity contribution in [2.75, 3.05) is 97.4 Å². The molecule has 668 valence electrons. The van der Waals surface area contributed by atoms with Crippen molar-refractivity contribution in [1.29, 1.82) is 0 Å². The number of nitrogens with zero attached hydrogens (tertiary/aromatic N) is 4. The lowest BCUT2D eigenvalue weighted by Crippen LogP contribution is -2.51. The Labute approximate surface area is 703 Å². The van der Waals surface area contributed by atoms with Crippen LogP contribution < -0.4 is 42.5 Å². The second-order valence-corrected chi connectivity index (χ2v) is 34.9. The number of rotatable bonds is 56. The summed E-state index contributed by atoms with van der Waals surface area (Å²) in [6, 6.07) is -0.0682. The van der Waals surface area contributed by atoms with Crippen molar-refractivity contribution in [2.24, 2.45) is 46.3 Å². The van der Waals surface area contributed by atoms with Gasteiger partial charge in [-0.1, -0.05) is 72.0 Å². The molecule has 38 heteroatoms. The molecule has 2 heterocycles. The van der Waals surface area contributed by atoms with Gasteiger partial charge in [0.2, 0.25) is 53.2 Å². The van der Waals surface area contributed by atoms with E-state index in [1.54, 1.807) is 11.8 Å². The zero-order chi connectivity index (χ0) is 88.4. The lowest BCUT2D eigenvalue weighted by molar-refractivity contribution is -0.146. The average molecular weight is 1710 g/mol. The molecule has 0 spiro atoms. The Morgan fingerprint density at radius 2 is 0.975 bits per heavy atom. The van der Waals surface area contributed by atoms with Gasteiger partial charge in [-0.25, -0.2) is 9.59 Å². The zero-order valence-electron chi connectivity index (χ0n) is 69.8. The summed E-state index contributed by atoms with van der Waals surface area (Å²) in [7, 11) is 0. The van der Waals surface area contributed by atoms with E-state index in [0.717, 1.165) is 67.9 Å². The molecule has 120 heavy (non-hydrogen) atoms. The summed E-state index contributed by atoms with van der Waals surface area (Å²) in [4.78, 5) is 253. The van der Waals surface area contributed by atoms with Crippen molar-refractivity contribution >= 4 is 130 Å². The molecular formula is C82H124N12O25S. The molecule has 37 nitrogen and oxygen atoms in total. The molecule has 12 amide bonds. The number of allylic oxidation sites excluding steroid dienone is 1. The molecule has 4 aliphatic carbocycles. The maximum atomic E-state index is 13.1. The minimum absolute atomic E-state index is 0.0392. The number of amides is 12. The number of ketones is 5. The van der Waals surface area contributed by atoms with Crippen LogP contribution in [0.25, 0.3) is 0 Å². The van der Waals surface area contributed by atoms with Gasteiger partial charge in [-0.15, -0.1) is 0 Å². The van der Waals surface area contributed by atoms with Gasteiger partial charge in [0.15, 0.2) is 23.1 Å². The lowest BCUT2D eigenvalue weighted by Gasteiger charge is -2.58. The first-order valence-corrected chi connectivity index (χ1v) is 43.1. The fourth-order valence-electron chi connectivity index (χ4n) is 17.8. The van der Waals surface area contributed by atoms with Gasteiger partial charge in [-0.3, -0.25) is 86.3 Å². The van der Waals surface area contributed by atoms with Gasteiger partial charge in [0.1, 0.15) is 51.2 Å². The van der Waals surface area contributed by atoms with Crippen LogP contribution >= 0.6 is 11.8 Å². The average Bonchev–Trinajstić information content (AvgIpc) is 1.53. The van der Waals surface area contributed by atoms with Crippen LogP contribution in [0.2, 0.25) is 0 Å². The Hall–Kier alpha value is -9.91. The summed E-state index contributed by atoms with van der Waals surface area (Å²) in [5, 5.41) is 58.1. The number of carboxylic acid groups (broad SMARTS) is 4. The smallest absolute Gasteiger partial charge is 0.407 e.